The molecule has 0 fully saturated rings. The number of fused-ring (bicyclic) bond motifs is 2. The third-order valence-corrected chi connectivity index (χ3v) is 10.3. The van der Waals surface area contributed by atoms with Crippen LogP contribution in [0.2, 0.25) is 10.0 Å². The average Bonchev–Trinajstić information content (AvgIpc) is 3.62. The third kappa shape index (κ3) is 7.07. The van der Waals surface area contributed by atoms with E-state index in [1.165, 1.54) is 0 Å². The van der Waals surface area contributed by atoms with Crippen molar-refractivity contribution in [2.24, 2.45) is 12.5 Å². The van der Waals surface area contributed by atoms with Gasteiger partial charge in [0.15, 0.2) is 5.82 Å². The number of methoxy groups -OCH3 is 1. The van der Waals surface area contributed by atoms with Gasteiger partial charge in [-0.15, -0.1) is 0 Å². The van der Waals surface area contributed by atoms with Gasteiger partial charge < -0.3 is 29.4 Å². The summed E-state index contributed by atoms with van der Waals surface area (Å²) >= 11 is 13.8. The number of ether oxygens (including phenoxy) is 2. The van der Waals surface area contributed by atoms with Gasteiger partial charge in [0.25, 0.3) is 5.91 Å². The van der Waals surface area contributed by atoms with Gasteiger partial charge >= 0.3 is 5.97 Å². The highest BCUT2D eigenvalue weighted by Crippen LogP contribution is 2.45. The first-order valence-electron chi connectivity index (χ1n) is 16.7. The predicted octanol–water partition coefficient (Wildman–Crippen LogP) is 7.30. The molecule has 1 amide bonds. The summed E-state index contributed by atoms with van der Waals surface area (Å²) in [5, 5.41) is 16.7. The molecule has 0 bridgehead atoms. The van der Waals surface area contributed by atoms with Crippen LogP contribution in [0.5, 0.6) is 11.5 Å². The molecule has 1 aromatic heterocycles. The number of nitrogens with one attached hydrogen (secondary N) is 2. The Morgan fingerprint density at radius 2 is 1.80 bits per heavy atom. The summed E-state index contributed by atoms with van der Waals surface area (Å²) in [4.78, 5) is 32.2. The second kappa shape index (κ2) is 14.3. The van der Waals surface area contributed by atoms with Crippen LogP contribution < -0.4 is 20.1 Å². The number of aromatic nitrogens is 2. The molecule has 2 unspecified atom stereocenters. The van der Waals surface area contributed by atoms with Gasteiger partial charge in [-0.1, -0.05) is 74.3 Å². The molecule has 2 atom stereocenters. The number of carbonyl (C=O) groups excluding carboxylic acids is 1. The summed E-state index contributed by atoms with van der Waals surface area (Å²) < 4.78 is 14.1. The van der Waals surface area contributed by atoms with Crippen molar-refractivity contribution >= 4 is 40.8 Å². The number of carbonyl (C=O) groups is 2. The Hall–Kier alpha value is -4.09. The van der Waals surface area contributed by atoms with Crippen LogP contribution in [0.25, 0.3) is 11.1 Å². The van der Waals surface area contributed by atoms with Gasteiger partial charge in [-0.25, -0.2) is 4.98 Å². The minimum absolute atomic E-state index is 0.259. The Labute approximate surface area is 302 Å². The van der Waals surface area contributed by atoms with Crippen molar-refractivity contribution in [2.45, 2.75) is 65.3 Å². The van der Waals surface area contributed by atoms with Crippen LogP contribution in [0.4, 0.5) is 5.69 Å². The summed E-state index contributed by atoms with van der Waals surface area (Å²) in [5.74, 6) is 0.161. The molecular weight excluding hydrogens is 677 g/mol. The SMILES string of the molecule is COc1cc(OC2CCc3c(-c4cccc(NC(=O)c5nc6c(n5C)CCN(C)C6)c4Cl)cccc32)c(Cl)cc1CNC(C(=O)O)C(C)(C)C. The molecule has 2 heterocycles. The predicted molar refractivity (Wildman–Crippen MR) is 195 cm³/mol. The number of halogens is 2. The fourth-order valence-corrected chi connectivity index (χ4v) is 7.50. The molecule has 264 valence electrons. The lowest BCUT2D eigenvalue weighted by molar-refractivity contribution is -0.142. The van der Waals surface area contributed by atoms with Crippen molar-refractivity contribution in [1.82, 2.24) is 19.8 Å². The van der Waals surface area contributed by atoms with E-state index in [0.29, 0.717) is 39.6 Å². The lowest BCUT2D eigenvalue weighted by Crippen LogP contribution is -2.46. The van der Waals surface area contributed by atoms with Gasteiger partial charge in [0, 0.05) is 56.0 Å². The van der Waals surface area contributed by atoms with Crippen molar-refractivity contribution in [1.29, 1.82) is 0 Å². The number of carboxylic acid groups (broad SMARTS) is 1. The van der Waals surface area contributed by atoms with Crippen LogP contribution in [0.3, 0.4) is 0 Å². The molecule has 4 aromatic rings. The van der Waals surface area contributed by atoms with E-state index in [2.05, 4.69) is 33.6 Å². The summed E-state index contributed by atoms with van der Waals surface area (Å²) in [6.07, 6.45) is 2.07. The van der Waals surface area contributed by atoms with Crippen molar-refractivity contribution in [3.63, 3.8) is 0 Å². The zero-order valence-corrected chi connectivity index (χ0v) is 30.7. The molecule has 1 aliphatic carbocycles. The lowest BCUT2D eigenvalue weighted by Gasteiger charge is -2.28. The average molecular weight is 721 g/mol. The molecule has 0 saturated carbocycles. The maximum atomic E-state index is 13.4. The highest BCUT2D eigenvalue weighted by molar-refractivity contribution is 6.36. The number of likely N-dealkylation sites (N-methyl/N-ethyl adjacent to an activating group) is 1. The number of hydrogen-bond acceptors (Lipinski definition) is 7. The number of nitrogens with zero attached hydrogens (tertiary/aromatic N) is 3. The van der Waals surface area contributed by atoms with E-state index < -0.39 is 17.4 Å². The van der Waals surface area contributed by atoms with Crippen LogP contribution in [0.1, 0.15) is 72.0 Å². The van der Waals surface area contributed by atoms with Gasteiger partial charge in [-0.3, -0.25) is 14.9 Å². The van der Waals surface area contributed by atoms with Crippen LogP contribution in [-0.4, -0.2) is 58.2 Å². The molecule has 0 spiro atoms. The van der Waals surface area contributed by atoms with Gasteiger partial charge in [-0.05, 0) is 54.1 Å². The fraction of sp³-hybridized carbons (Fsp3) is 0.395. The van der Waals surface area contributed by atoms with E-state index in [4.69, 9.17) is 32.7 Å². The zero-order valence-electron chi connectivity index (χ0n) is 29.2. The Morgan fingerprint density at radius 1 is 1.06 bits per heavy atom. The molecular formula is C38H43Cl2N5O5. The number of carboxylic acids is 1. The van der Waals surface area contributed by atoms with Crippen LogP contribution in [0, 0.1) is 5.41 Å². The normalized spacial score (nSPS) is 16.4. The molecule has 6 rings (SSSR count). The largest absolute Gasteiger partial charge is 0.496 e. The summed E-state index contributed by atoms with van der Waals surface area (Å²) in [5.41, 5.74) is 6.71. The van der Waals surface area contributed by atoms with Crippen molar-refractivity contribution in [3.05, 3.63) is 92.5 Å². The highest BCUT2D eigenvalue weighted by atomic mass is 35.5. The molecule has 2 aliphatic rings. The smallest absolute Gasteiger partial charge is 0.321 e. The number of amides is 1. The number of hydrogen-bond donors (Lipinski definition) is 3. The maximum Gasteiger partial charge on any atom is 0.321 e. The van der Waals surface area contributed by atoms with E-state index in [0.717, 1.165) is 65.0 Å². The minimum atomic E-state index is -0.921. The van der Waals surface area contributed by atoms with Crippen molar-refractivity contribution in [3.8, 4) is 22.6 Å². The molecule has 0 saturated heterocycles. The number of aliphatic carboxylic acids is 1. The summed E-state index contributed by atoms with van der Waals surface area (Å²) in [6, 6.07) is 14.5. The molecule has 12 heteroatoms. The Kier molecular flexibility index (Phi) is 10.2. The van der Waals surface area contributed by atoms with Gasteiger partial charge in [0.05, 0.1) is 28.5 Å². The molecule has 0 radical (unpaired) electrons. The monoisotopic (exact) mass is 719 g/mol. The number of benzene rings is 3. The molecule has 10 nitrogen and oxygen atoms in total. The number of anilines is 1. The van der Waals surface area contributed by atoms with E-state index >= 15 is 0 Å². The topological polar surface area (TPSA) is 118 Å². The molecule has 50 heavy (non-hydrogen) atoms. The Bertz CT molecular complexity index is 1950. The first-order chi connectivity index (χ1) is 23.8. The first-order valence-corrected chi connectivity index (χ1v) is 17.5. The highest BCUT2D eigenvalue weighted by Gasteiger charge is 2.32. The van der Waals surface area contributed by atoms with Gasteiger partial charge in [-0.2, -0.15) is 0 Å². The standard InChI is InChI=1S/C38H43Cl2N5O5/c1-38(2,3)34(37(47)48)41-19-21-17-26(39)32(18-31(21)49-6)50-30-14-13-23-22(9-7-10-24(23)30)25-11-8-12-27(33(25)40)43-36(46)35-42-28-20-44(4)16-15-29(28)45(35)5/h7-12,17-18,30,34,41H,13-16,19-20H2,1-6H3,(H,43,46)(H,47,48). The van der Waals surface area contributed by atoms with E-state index in [-0.39, 0.29) is 18.6 Å². The first kappa shape index (κ1) is 35.7. The van der Waals surface area contributed by atoms with Crippen LogP contribution in [0.15, 0.2) is 48.5 Å². The summed E-state index contributed by atoms with van der Waals surface area (Å²) in [6.45, 7) is 7.53. The van der Waals surface area contributed by atoms with Crippen molar-refractivity contribution in [2.75, 3.05) is 26.0 Å². The van der Waals surface area contributed by atoms with Crippen LogP contribution in [-0.2, 0) is 37.8 Å². The molecule has 1 aliphatic heterocycles. The number of rotatable bonds is 10. The van der Waals surface area contributed by atoms with Crippen LogP contribution >= 0.6 is 23.2 Å². The van der Waals surface area contributed by atoms with E-state index in [1.54, 1.807) is 25.3 Å². The lowest BCUT2D eigenvalue weighted by atomic mass is 9.86. The van der Waals surface area contributed by atoms with Gasteiger partial charge in [0.1, 0.15) is 23.6 Å². The third-order valence-electron chi connectivity index (χ3n) is 9.62. The summed E-state index contributed by atoms with van der Waals surface area (Å²) in [7, 11) is 5.50. The molecule has 3 N–H and O–H groups in total. The quantitative estimate of drug-likeness (QED) is 0.156. The van der Waals surface area contributed by atoms with E-state index in [9.17, 15) is 14.7 Å². The van der Waals surface area contributed by atoms with Gasteiger partial charge in [0.2, 0.25) is 0 Å². The van der Waals surface area contributed by atoms with Crippen molar-refractivity contribution < 1.29 is 24.2 Å². The number of imidazole rings is 1. The minimum Gasteiger partial charge on any atom is -0.496 e. The van der Waals surface area contributed by atoms with E-state index in [1.807, 2.05) is 56.7 Å². The Morgan fingerprint density at radius 3 is 2.52 bits per heavy atom. The maximum absolute atomic E-state index is 13.4. The zero-order chi connectivity index (χ0) is 35.9. The Balaban J connectivity index is 1.21. The molecule has 3 aromatic carbocycles. The fourth-order valence-electron chi connectivity index (χ4n) is 6.99. The second-order valence-corrected chi connectivity index (χ2v) is 14.9. The second-order valence-electron chi connectivity index (χ2n) is 14.1.